The maximum atomic E-state index is 11.3. The molecule has 0 atom stereocenters. The topological polar surface area (TPSA) is 26.3 Å². The second-order valence-corrected chi connectivity index (χ2v) is 6.87. The van der Waals surface area contributed by atoms with Gasteiger partial charge in [0.15, 0.2) is 0 Å². The predicted octanol–water partition coefficient (Wildman–Crippen LogP) is 5.27. The highest BCUT2D eigenvalue weighted by Gasteiger charge is 2.32. The van der Waals surface area contributed by atoms with E-state index in [1.807, 2.05) is 0 Å². The molecule has 2 nitrogen and oxygen atoms in total. The maximum absolute atomic E-state index is 11.3. The van der Waals surface area contributed by atoms with Crippen LogP contribution < -0.4 is 0 Å². The minimum atomic E-state index is -0.269. The van der Waals surface area contributed by atoms with Gasteiger partial charge in [-0.05, 0) is 25.2 Å². The first-order chi connectivity index (χ1) is 9.58. The summed E-state index contributed by atoms with van der Waals surface area (Å²) in [6.07, 6.45) is 14.1. The third kappa shape index (κ3) is 6.58. The second kappa shape index (κ2) is 9.20. The fourth-order valence-corrected chi connectivity index (χ4v) is 3.28. The van der Waals surface area contributed by atoms with Crippen molar-refractivity contribution in [3.63, 3.8) is 0 Å². The summed E-state index contributed by atoms with van der Waals surface area (Å²) in [5.74, 6) is 0.543. The van der Waals surface area contributed by atoms with Crippen LogP contribution in [0.15, 0.2) is 12.7 Å². The van der Waals surface area contributed by atoms with Gasteiger partial charge in [-0.1, -0.05) is 65.4 Å². The first-order valence-electron chi connectivity index (χ1n) is 8.37. The third-order valence-corrected chi connectivity index (χ3v) is 4.59. The quantitative estimate of drug-likeness (QED) is 0.326. The van der Waals surface area contributed by atoms with Gasteiger partial charge in [0.1, 0.15) is 0 Å². The number of carbonyl (C=O) groups is 1. The van der Waals surface area contributed by atoms with Crippen LogP contribution in [0.25, 0.3) is 0 Å². The molecule has 0 amide bonds. The largest absolute Gasteiger partial charge is 0.462 e. The Labute approximate surface area is 125 Å². The zero-order valence-electron chi connectivity index (χ0n) is 13.5. The van der Waals surface area contributed by atoms with Crippen molar-refractivity contribution >= 4 is 5.97 Å². The molecule has 20 heavy (non-hydrogen) atoms. The van der Waals surface area contributed by atoms with Crippen molar-refractivity contribution in [2.75, 3.05) is 6.61 Å². The van der Waals surface area contributed by atoms with Gasteiger partial charge in [-0.15, -0.1) is 0 Å². The molecule has 0 aromatic carbocycles. The lowest BCUT2D eigenvalue weighted by Crippen LogP contribution is -2.30. The molecule has 0 saturated heterocycles. The molecule has 1 fully saturated rings. The Hall–Kier alpha value is -0.790. The van der Waals surface area contributed by atoms with Gasteiger partial charge in [0.05, 0.1) is 6.61 Å². The minimum Gasteiger partial charge on any atom is -0.462 e. The molecule has 0 aromatic heterocycles. The van der Waals surface area contributed by atoms with Crippen molar-refractivity contribution in [2.24, 2.45) is 11.3 Å². The lowest BCUT2D eigenvalue weighted by molar-refractivity contribution is -0.142. The van der Waals surface area contributed by atoms with Gasteiger partial charge in [0.2, 0.25) is 0 Å². The van der Waals surface area contributed by atoms with E-state index in [-0.39, 0.29) is 11.4 Å². The monoisotopic (exact) mass is 280 g/mol. The molecule has 116 valence electrons. The Balaban J connectivity index is 2.34. The molecule has 0 aliphatic heterocycles. The highest BCUT2D eigenvalue weighted by molar-refractivity contribution is 5.81. The SMILES string of the molecule is C=CC(=O)OCC1(CCCCCC(C)C)CCCCC1. The average Bonchev–Trinajstić information content (AvgIpc) is 2.45. The minimum absolute atomic E-state index is 0.259. The fourth-order valence-electron chi connectivity index (χ4n) is 3.28. The zero-order chi connectivity index (χ0) is 14.8. The molecule has 0 spiro atoms. The molecule has 1 aliphatic rings. The molecular formula is C18H32O2. The number of rotatable bonds is 9. The molecule has 0 bridgehead atoms. The highest BCUT2D eigenvalue weighted by Crippen LogP contribution is 2.41. The normalized spacial score (nSPS) is 17.9. The van der Waals surface area contributed by atoms with E-state index in [9.17, 15) is 4.79 Å². The predicted molar refractivity (Wildman–Crippen MR) is 84.6 cm³/mol. The van der Waals surface area contributed by atoms with Gasteiger partial charge in [-0.3, -0.25) is 0 Å². The number of unbranched alkanes of at least 4 members (excludes halogenated alkanes) is 2. The Morgan fingerprint density at radius 1 is 1.20 bits per heavy atom. The zero-order valence-corrected chi connectivity index (χ0v) is 13.5. The van der Waals surface area contributed by atoms with Crippen LogP contribution in [-0.4, -0.2) is 12.6 Å². The van der Waals surface area contributed by atoms with Crippen molar-refractivity contribution in [3.8, 4) is 0 Å². The molecule has 1 saturated carbocycles. The number of hydrogen-bond donors (Lipinski definition) is 0. The molecule has 1 aliphatic carbocycles. The number of hydrogen-bond acceptors (Lipinski definition) is 2. The van der Waals surface area contributed by atoms with E-state index >= 15 is 0 Å². The van der Waals surface area contributed by atoms with Gasteiger partial charge in [0, 0.05) is 11.5 Å². The van der Waals surface area contributed by atoms with Gasteiger partial charge in [-0.2, -0.15) is 0 Å². The Morgan fingerprint density at radius 3 is 2.50 bits per heavy atom. The molecular weight excluding hydrogens is 248 g/mol. The van der Waals surface area contributed by atoms with Crippen LogP contribution in [0, 0.1) is 11.3 Å². The van der Waals surface area contributed by atoms with Crippen LogP contribution >= 0.6 is 0 Å². The highest BCUT2D eigenvalue weighted by atomic mass is 16.5. The fraction of sp³-hybridized carbons (Fsp3) is 0.833. The Morgan fingerprint density at radius 2 is 1.90 bits per heavy atom. The summed E-state index contributed by atoms with van der Waals surface area (Å²) < 4.78 is 5.37. The molecule has 0 radical (unpaired) electrons. The second-order valence-electron chi connectivity index (χ2n) is 6.87. The summed E-state index contributed by atoms with van der Waals surface area (Å²) in [5.41, 5.74) is 0.259. The van der Waals surface area contributed by atoms with E-state index in [2.05, 4.69) is 20.4 Å². The number of ether oxygens (including phenoxy) is 1. The molecule has 1 rings (SSSR count). The van der Waals surface area contributed by atoms with Gasteiger partial charge in [0.25, 0.3) is 0 Å². The summed E-state index contributed by atoms with van der Waals surface area (Å²) in [7, 11) is 0. The van der Waals surface area contributed by atoms with Crippen LogP contribution in [0.5, 0.6) is 0 Å². The summed E-state index contributed by atoms with van der Waals surface area (Å²) >= 11 is 0. The molecule has 0 aromatic rings. The summed E-state index contributed by atoms with van der Waals surface area (Å²) in [4.78, 5) is 11.3. The lowest BCUT2D eigenvalue weighted by atomic mass is 9.71. The molecule has 0 N–H and O–H groups in total. The van der Waals surface area contributed by atoms with Gasteiger partial charge < -0.3 is 4.74 Å². The molecule has 0 unspecified atom stereocenters. The van der Waals surface area contributed by atoms with Crippen LogP contribution in [-0.2, 0) is 9.53 Å². The Bertz CT molecular complexity index is 288. The molecule has 2 heteroatoms. The molecule has 0 heterocycles. The van der Waals surface area contributed by atoms with E-state index in [1.54, 1.807) is 0 Å². The van der Waals surface area contributed by atoms with Crippen molar-refractivity contribution in [2.45, 2.75) is 78.1 Å². The van der Waals surface area contributed by atoms with Crippen LogP contribution in [0.2, 0.25) is 0 Å². The van der Waals surface area contributed by atoms with Crippen molar-refractivity contribution in [3.05, 3.63) is 12.7 Å². The van der Waals surface area contributed by atoms with E-state index in [4.69, 9.17) is 4.74 Å². The maximum Gasteiger partial charge on any atom is 0.330 e. The Kier molecular flexibility index (Phi) is 7.94. The van der Waals surface area contributed by atoms with Crippen molar-refractivity contribution in [1.29, 1.82) is 0 Å². The van der Waals surface area contributed by atoms with E-state index < -0.39 is 0 Å². The van der Waals surface area contributed by atoms with E-state index in [0.29, 0.717) is 6.61 Å². The summed E-state index contributed by atoms with van der Waals surface area (Å²) in [6.45, 7) is 8.65. The van der Waals surface area contributed by atoms with Gasteiger partial charge in [-0.25, -0.2) is 4.79 Å². The van der Waals surface area contributed by atoms with Crippen LogP contribution in [0.1, 0.15) is 78.1 Å². The summed E-state index contributed by atoms with van der Waals surface area (Å²) in [6, 6.07) is 0. The number of carbonyl (C=O) groups excluding carboxylic acids is 1. The first kappa shape index (κ1) is 17.3. The van der Waals surface area contributed by atoms with E-state index in [1.165, 1.54) is 70.3 Å². The van der Waals surface area contributed by atoms with E-state index in [0.717, 1.165) is 5.92 Å². The van der Waals surface area contributed by atoms with Gasteiger partial charge >= 0.3 is 5.97 Å². The summed E-state index contributed by atoms with van der Waals surface area (Å²) in [5, 5.41) is 0. The third-order valence-electron chi connectivity index (χ3n) is 4.59. The standard InChI is InChI=1S/C18H32O2/c1-4-17(19)20-15-18(13-9-6-10-14-18)12-8-5-7-11-16(2)3/h4,16H,1,5-15H2,2-3H3. The lowest BCUT2D eigenvalue weighted by Gasteiger charge is -2.36. The first-order valence-corrected chi connectivity index (χ1v) is 8.37. The average molecular weight is 280 g/mol. The van der Waals surface area contributed by atoms with Crippen molar-refractivity contribution < 1.29 is 9.53 Å². The van der Waals surface area contributed by atoms with Crippen LogP contribution in [0.3, 0.4) is 0 Å². The van der Waals surface area contributed by atoms with Crippen molar-refractivity contribution in [1.82, 2.24) is 0 Å². The van der Waals surface area contributed by atoms with Crippen LogP contribution in [0.4, 0.5) is 0 Å². The number of esters is 1. The smallest absolute Gasteiger partial charge is 0.330 e.